The molecule has 0 aromatic heterocycles. The Morgan fingerprint density at radius 1 is 0.870 bits per heavy atom. The van der Waals surface area contributed by atoms with Crippen molar-refractivity contribution >= 4 is 0 Å². The maximum absolute atomic E-state index is 5.88. The Morgan fingerprint density at radius 3 is 2.26 bits per heavy atom. The van der Waals surface area contributed by atoms with Gasteiger partial charge in [-0.25, -0.2) is 0 Å². The quantitative estimate of drug-likeness (QED) is 0.693. The number of rotatable bonds is 8. The van der Waals surface area contributed by atoms with Crippen molar-refractivity contribution in [3.63, 3.8) is 0 Å². The molecule has 2 unspecified atom stereocenters. The number of benzene rings is 2. The highest BCUT2D eigenvalue weighted by Gasteiger charge is 2.38. The summed E-state index contributed by atoms with van der Waals surface area (Å²) in [4.78, 5) is 2.52. The lowest BCUT2D eigenvalue weighted by Crippen LogP contribution is -2.12. The molecule has 2 aromatic rings. The number of hydrogen-bond acceptors (Lipinski definition) is 3. The SMILES string of the molecule is c1ccc(COc2ccc(OCC3CN3CC3CC3)cc2)cc1. The first-order chi connectivity index (χ1) is 11.4. The molecule has 2 atom stereocenters. The molecule has 2 fully saturated rings. The molecule has 0 N–H and O–H groups in total. The normalized spacial score (nSPS) is 22.6. The molecule has 1 aliphatic carbocycles. The summed E-state index contributed by atoms with van der Waals surface area (Å²) in [6, 6.07) is 18.8. The maximum Gasteiger partial charge on any atom is 0.120 e. The zero-order valence-corrected chi connectivity index (χ0v) is 13.4. The number of ether oxygens (including phenoxy) is 2. The third-order valence-corrected chi connectivity index (χ3v) is 4.53. The van der Waals surface area contributed by atoms with Crippen LogP contribution in [0.25, 0.3) is 0 Å². The van der Waals surface area contributed by atoms with Crippen molar-refractivity contribution in [1.82, 2.24) is 4.90 Å². The molecule has 1 aliphatic heterocycles. The highest BCUT2D eigenvalue weighted by atomic mass is 16.5. The van der Waals surface area contributed by atoms with Gasteiger partial charge in [0, 0.05) is 13.1 Å². The molecule has 1 heterocycles. The predicted octanol–water partition coefficient (Wildman–Crippen LogP) is 3.74. The van der Waals surface area contributed by atoms with E-state index in [1.165, 1.54) is 31.5 Å². The largest absolute Gasteiger partial charge is 0.492 e. The van der Waals surface area contributed by atoms with Gasteiger partial charge in [0.15, 0.2) is 0 Å². The molecule has 23 heavy (non-hydrogen) atoms. The van der Waals surface area contributed by atoms with Crippen LogP contribution in [0.15, 0.2) is 54.6 Å². The van der Waals surface area contributed by atoms with E-state index in [-0.39, 0.29) is 0 Å². The smallest absolute Gasteiger partial charge is 0.120 e. The van der Waals surface area contributed by atoms with E-state index < -0.39 is 0 Å². The summed E-state index contributed by atoms with van der Waals surface area (Å²) in [5.41, 5.74) is 1.18. The van der Waals surface area contributed by atoms with Crippen LogP contribution in [0.2, 0.25) is 0 Å². The Morgan fingerprint density at radius 2 is 1.57 bits per heavy atom. The number of nitrogens with zero attached hydrogens (tertiary/aromatic N) is 1. The standard InChI is InChI=1S/C20H23NO2/c1-2-4-17(5-3-1)14-22-19-8-10-20(11-9-19)23-15-18-13-21(18)12-16-6-7-16/h1-5,8-11,16,18H,6-7,12-15H2. The number of hydrogen-bond donors (Lipinski definition) is 0. The molecule has 0 bridgehead atoms. The Labute approximate surface area is 137 Å². The second-order valence-corrected chi connectivity index (χ2v) is 6.61. The van der Waals surface area contributed by atoms with Crippen molar-refractivity contribution in [3.8, 4) is 11.5 Å². The Bertz CT molecular complexity index is 622. The summed E-state index contributed by atoms with van der Waals surface area (Å²) in [7, 11) is 0. The Balaban J connectivity index is 1.20. The second kappa shape index (κ2) is 6.63. The lowest BCUT2D eigenvalue weighted by Gasteiger charge is -2.09. The van der Waals surface area contributed by atoms with E-state index in [0.29, 0.717) is 12.6 Å². The maximum atomic E-state index is 5.88. The minimum absolute atomic E-state index is 0.596. The Kier molecular flexibility index (Phi) is 4.20. The van der Waals surface area contributed by atoms with Gasteiger partial charge in [-0.15, -0.1) is 0 Å². The van der Waals surface area contributed by atoms with Crippen LogP contribution in [0.5, 0.6) is 11.5 Å². The average molecular weight is 309 g/mol. The summed E-state index contributed by atoms with van der Waals surface area (Å²) in [6.45, 7) is 3.88. The van der Waals surface area contributed by atoms with E-state index in [9.17, 15) is 0 Å². The fraction of sp³-hybridized carbons (Fsp3) is 0.400. The molecule has 2 aromatic carbocycles. The highest BCUT2D eigenvalue weighted by molar-refractivity contribution is 5.31. The van der Waals surface area contributed by atoms with Crippen LogP contribution in [0.1, 0.15) is 18.4 Å². The van der Waals surface area contributed by atoms with Crippen molar-refractivity contribution in [2.24, 2.45) is 5.92 Å². The van der Waals surface area contributed by atoms with Gasteiger partial charge in [0.05, 0.1) is 6.04 Å². The molecule has 2 aliphatic rings. The summed E-state index contributed by atoms with van der Waals surface area (Å²) in [5, 5.41) is 0. The molecule has 0 amide bonds. The molecule has 3 nitrogen and oxygen atoms in total. The fourth-order valence-electron chi connectivity index (χ4n) is 2.80. The van der Waals surface area contributed by atoms with Crippen molar-refractivity contribution < 1.29 is 9.47 Å². The van der Waals surface area contributed by atoms with E-state index >= 15 is 0 Å². The van der Waals surface area contributed by atoms with Gasteiger partial charge in [-0.1, -0.05) is 30.3 Å². The Hall–Kier alpha value is -2.00. The van der Waals surface area contributed by atoms with E-state index in [1.807, 2.05) is 42.5 Å². The van der Waals surface area contributed by atoms with Crippen molar-refractivity contribution in [2.75, 3.05) is 19.7 Å². The molecule has 3 heteroatoms. The van der Waals surface area contributed by atoms with Crippen molar-refractivity contribution in [2.45, 2.75) is 25.5 Å². The van der Waals surface area contributed by atoms with E-state index in [0.717, 1.165) is 24.0 Å². The van der Waals surface area contributed by atoms with Gasteiger partial charge in [0.2, 0.25) is 0 Å². The summed E-state index contributed by atoms with van der Waals surface area (Å²) >= 11 is 0. The van der Waals surface area contributed by atoms with Gasteiger partial charge in [-0.2, -0.15) is 0 Å². The van der Waals surface area contributed by atoms with Crippen LogP contribution in [0, 0.1) is 5.92 Å². The zero-order chi connectivity index (χ0) is 15.5. The van der Waals surface area contributed by atoms with Crippen LogP contribution >= 0.6 is 0 Å². The van der Waals surface area contributed by atoms with E-state index in [2.05, 4.69) is 17.0 Å². The summed E-state index contributed by atoms with van der Waals surface area (Å²) in [5.74, 6) is 2.78. The van der Waals surface area contributed by atoms with Gasteiger partial charge < -0.3 is 9.47 Å². The minimum Gasteiger partial charge on any atom is -0.492 e. The summed E-state index contributed by atoms with van der Waals surface area (Å²) < 4.78 is 11.7. The van der Waals surface area contributed by atoms with E-state index in [4.69, 9.17) is 9.47 Å². The lowest BCUT2D eigenvalue weighted by atomic mass is 10.2. The van der Waals surface area contributed by atoms with Gasteiger partial charge in [-0.05, 0) is 48.6 Å². The molecule has 0 spiro atoms. The van der Waals surface area contributed by atoms with Gasteiger partial charge in [0.1, 0.15) is 24.7 Å². The highest BCUT2D eigenvalue weighted by Crippen LogP contribution is 2.33. The predicted molar refractivity (Wildman–Crippen MR) is 90.8 cm³/mol. The van der Waals surface area contributed by atoms with Crippen molar-refractivity contribution in [3.05, 3.63) is 60.2 Å². The first-order valence-corrected chi connectivity index (χ1v) is 8.50. The van der Waals surface area contributed by atoms with Gasteiger partial charge in [0.25, 0.3) is 0 Å². The first-order valence-electron chi connectivity index (χ1n) is 8.50. The molecular formula is C20H23NO2. The molecular weight excluding hydrogens is 286 g/mol. The molecule has 1 saturated carbocycles. The minimum atomic E-state index is 0.596. The summed E-state index contributed by atoms with van der Waals surface area (Å²) in [6.07, 6.45) is 2.85. The topological polar surface area (TPSA) is 21.5 Å². The fourth-order valence-corrected chi connectivity index (χ4v) is 2.80. The van der Waals surface area contributed by atoms with Crippen LogP contribution in [-0.4, -0.2) is 30.6 Å². The molecule has 1 saturated heterocycles. The average Bonchev–Trinajstić information content (AvgIpc) is 3.52. The van der Waals surface area contributed by atoms with Crippen molar-refractivity contribution in [1.29, 1.82) is 0 Å². The van der Waals surface area contributed by atoms with Crippen LogP contribution in [0.3, 0.4) is 0 Å². The van der Waals surface area contributed by atoms with Crippen LogP contribution in [0.4, 0.5) is 0 Å². The first kappa shape index (κ1) is 14.6. The lowest BCUT2D eigenvalue weighted by molar-refractivity contribution is 0.288. The second-order valence-electron chi connectivity index (χ2n) is 6.61. The van der Waals surface area contributed by atoms with Gasteiger partial charge >= 0.3 is 0 Å². The zero-order valence-electron chi connectivity index (χ0n) is 13.4. The van der Waals surface area contributed by atoms with Gasteiger partial charge in [-0.3, -0.25) is 4.90 Å². The molecule has 0 radical (unpaired) electrons. The van der Waals surface area contributed by atoms with E-state index in [1.54, 1.807) is 0 Å². The molecule has 4 rings (SSSR count). The third-order valence-electron chi connectivity index (χ3n) is 4.53. The van der Waals surface area contributed by atoms with Crippen LogP contribution < -0.4 is 9.47 Å². The molecule has 120 valence electrons. The van der Waals surface area contributed by atoms with Crippen LogP contribution in [-0.2, 0) is 6.61 Å². The monoisotopic (exact) mass is 309 g/mol. The third kappa shape index (κ3) is 4.26.